The third-order valence-corrected chi connectivity index (χ3v) is 5.00. The molecular weight excluding hydrogens is 252 g/mol. The van der Waals surface area contributed by atoms with Crippen LogP contribution in [0.2, 0.25) is 0 Å². The predicted octanol–water partition coefficient (Wildman–Crippen LogP) is 2.70. The van der Waals surface area contributed by atoms with Crippen molar-refractivity contribution in [3.8, 4) is 0 Å². The Morgan fingerprint density at radius 1 is 1.20 bits per heavy atom. The van der Waals surface area contributed by atoms with Crippen molar-refractivity contribution < 1.29 is 14.3 Å². The molecule has 0 amide bonds. The minimum Gasteiger partial charge on any atom is -0.468 e. The molecule has 1 fully saturated rings. The number of esters is 1. The summed E-state index contributed by atoms with van der Waals surface area (Å²) >= 11 is 0. The van der Waals surface area contributed by atoms with E-state index in [-0.39, 0.29) is 17.2 Å². The van der Waals surface area contributed by atoms with E-state index in [1.54, 1.807) is 0 Å². The second kappa shape index (κ2) is 5.04. The van der Waals surface area contributed by atoms with Crippen LogP contribution in [-0.2, 0) is 27.2 Å². The number of ether oxygens (including phenoxy) is 1. The second-order valence-corrected chi connectivity index (χ2v) is 6.20. The molecule has 2 unspecified atom stereocenters. The van der Waals surface area contributed by atoms with Gasteiger partial charge in [-0.05, 0) is 48.6 Å². The maximum atomic E-state index is 12.3. The number of carbonyl (C=O) groups is 2. The Hall–Kier alpha value is -1.64. The molecular formula is C17H20O3. The lowest BCUT2D eigenvalue weighted by Gasteiger charge is -2.42. The first-order chi connectivity index (χ1) is 9.63. The maximum absolute atomic E-state index is 12.3. The van der Waals surface area contributed by atoms with Gasteiger partial charge in [-0.15, -0.1) is 0 Å². The van der Waals surface area contributed by atoms with E-state index in [4.69, 9.17) is 4.74 Å². The highest BCUT2D eigenvalue weighted by Crippen LogP contribution is 2.46. The molecule has 3 heteroatoms. The SMILES string of the molecule is COC(=O)C1CCC2(CCc3ccccc3C2)CC1=O. The van der Waals surface area contributed by atoms with Gasteiger partial charge in [-0.25, -0.2) is 0 Å². The molecule has 1 spiro atoms. The smallest absolute Gasteiger partial charge is 0.316 e. The van der Waals surface area contributed by atoms with Crippen LogP contribution in [0, 0.1) is 11.3 Å². The number of hydrogen-bond acceptors (Lipinski definition) is 3. The van der Waals surface area contributed by atoms with E-state index in [2.05, 4.69) is 24.3 Å². The van der Waals surface area contributed by atoms with E-state index in [1.165, 1.54) is 18.2 Å². The van der Waals surface area contributed by atoms with Gasteiger partial charge in [0.2, 0.25) is 0 Å². The highest BCUT2D eigenvalue weighted by atomic mass is 16.5. The molecule has 1 aromatic carbocycles. The van der Waals surface area contributed by atoms with Crippen LogP contribution in [0.15, 0.2) is 24.3 Å². The summed E-state index contributed by atoms with van der Waals surface area (Å²) in [5.74, 6) is -0.814. The highest BCUT2D eigenvalue weighted by Gasteiger charge is 2.44. The summed E-state index contributed by atoms with van der Waals surface area (Å²) in [6, 6.07) is 8.51. The van der Waals surface area contributed by atoms with Gasteiger partial charge >= 0.3 is 5.97 Å². The maximum Gasteiger partial charge on any atom is 0.316 e. The average Bonchev–Trinajstić information content (AvgIpc) is 2.46. The van der Waals surface area contributed by atoms with Crippen molar-refractivity contribution in [1.29, 1.82) is 0 Å². The quantitative estimate of drug-likeness (QED) is 0.583. The fourth-order valence-corrected chi connectivity index (χ4v) is 3.81. The molecule has 2 aliphatic rings. The minimum atomic E-state index is -0.525. The zero-order valence-corrected chi connectivity index (χ0v) is 11.9. The molecule has 0 aromatic heterocycles. The summed E-state index contributed by atoms with van der Waals surface area (Å²) in [6.07, 6.45) is 5.21. The Kier molecular flexibility index (Phi) is 3.36. The van der Waals surface area contributed by atoms with Gasteiger partial charge in [0.15, 0.2) is 0 Å². The van der Waals surface area contributed by atoms with Gasteiger partial charge in [0.05, 0.1) is 7.11 Å². The number of aryl methyl sites for hydroxylation is 1. The van der Waals surface area contributed by atoms with Crippen LogP contribution in [0.25, 0.3) is 0 Å². The molecule has 0 radical (unpaired) electrons. The van der Waals surface area contributed by atoms with Crippen LogP contribution in [0.5, 0.6) is 0 Å². The van der Waals surface area contributed by atoms with Crippen LogP contribution in [0.3, 0.4) is 0 Å². The van der Waals surface area contributed by atoms with E-state index >= 15 is 0 Å². The number of methoxy groups -OCH3 is 1. The molecule has 3 rings (SSSR count). The Bertz CT molecular complexity index is 549. The Labute approximate surface area is 119 Å². The second-order valence-electron chi connectivity index (χ2n) is 6.20. The lowest BCUT2D eigenvalue weighted by Crippen LogP contribution is -2.41. The van der Waals surface area contributed by atoms with Crippen LogP contribution in [0.1, 0.15) is 36.8 Å². The Morgan fingerprint density at radius 3 is 2.65 bits per heavy atom. The van der Waals surface area contributed by atoms with Gasteiger partial charge in [0.1, 0.15) is 11.7 Å². The molecule has 2 aliphatic carbocycles. The lowest BCUT2D eigenvalue weighted by molar-refractivity contribution is -0.152. The molecule has 0 bridgehead atoms. The number of fused-ring (bicyclic) bond motifs is 1. The van der Waals surface area contributed by atoms with E-state index < -0.39 is 5.92 Å². The molecule has 3 nitrogen and oxygen atoms in total. The van der Waals surface area contributed by atoms with Gasteiger partial charge in [0.25, 0.3) is 0 Å². The molecule has 0 aliphatic heterocycles. The van der Waals surface area contributed by atoms with Crippen LogP contribution >= 0.6 is 0 Å². The molecule has 1 aromatic rings. The predicted molar refractivity (Wildman–Crippen MR) is 75.3 cm³/mol. The molecule has 106 valence electrons. The normalized spacial score (nSPS) is 29.1. The third-order valence-electron chi connectivity index (χ3n) is 5.00. The van der Waals surface area contributed by atoms with Crippen LogP contribution < -0.4 is 0 Å². The van der Waals surface area contributed by atoms with Gasteiger partial charge in [0, 0.05) is 6.42 Å². The number of ketones is 1. The highest BCUT2D eigenvalue weighted by molar-refractivity contribution is 5.99. The minimum absolute atomic E-state index is 0.0717. The average molecular weight is 272 g/mol. The van der Waals surface area contributed by atoms with Gasteiger partial charge in [-0.1, -0.05) is 24.3 Å². The largest absolute Gasteiger partial charge is 0.468 e. The first-order valence-corrected chi connectivity index (χ1v) is 7.31. The number of carbonyl (C=O) groups excluding carboxylic acids is 2. The van der Waals surface area contributed by atoms with Gasteiger partial charge < -0.3 is 4.74 Å². The van der Waals surface area contributed by atoms with Crippen molar-refractivity contribution in [2.24, 2.45) is 11.3 Å². The van der Waals surface area contributed by atoms with E-state index in [1.807, 2.05) is 0 Å². The monoisotopic (exact) mass is 272 g/mol. The Morgan fingerprint density at radius 2 is 1.95 bits per heavy atom. The fraction of sp³-hybridized carbons (Fsp3) is 0.529. The van der Waals surface area contributed by atoms with Crippen molar-refractivity contribution in [2.45, 2.75) is 38.5 Å². The standard InChI is InChI=1S/C17H20O3/c1-20-16(19)14-7-9-17(11-15(14)18)8-6-12-4-2-3-5-13(12)10-17/h2-5,14H,6-11H2,1H3. The first kappa shape index (κ1) is 13.3. The zero-order chi connectivity index (χ0) is 14.2. The molecule has 0 N–H and O–H groups in total. The summed E-state index contributed by atoms with van der Waals surface area (Å²) in [6.45, 7) is 0. The summed E-state index contributed by atoms with van der Waals surface area (Å²) in [5.41, 5.74) is 2.87. The summed E-state index contributed by atoms with van der Waals surface area (Å²) in [4.78, 5) is 23.9. The van der Waals surface area contributed by atoms with Crippen LogP contribution in [0.4, 0.5) is 0 Å². The van der Waals surface area contributed by atoms with Crippen molar-refractivity contribution in [3.05, 3.63) is 35.4 Å². The Balaban J connectivity index is 1.77. The fourth-order valence-electron chi connectivity index (χ4n) is 3.81. The van der Waals surface area contributed by atoms with Crippen molar-refractivity contribution in [3.63, 3.8) is 0 Å². The molecule has 2 atom stereocenters. The number of benzene rings is 1. The third kappa shape index (κ3) is 2.26. The number of rotatable bonds is 1. The zero-order valence-electron chi connectivity index (χ0n) is 11.9. The summed E-state index contributed by atoms with van der Waals surface area (Å²) in [7, 11) is 1.36. The molecule has 0 saturated heterocycles. The van der Waals surface area contributed by atoms with Gasteiger partial charge in [-0.2, -0.15) is 0 Å². The van der Waals surface area contributed by atoms with E-state index in [0.29, 0.717) is 12.8 Å². The topological polar surface area (TPSA) is 43.4 Å². The molecule has 1 saturated carbocycles. The van der Waals surface area contributed by atoms with Crippen LogP contribution in [-0.4, -0.2) is 18.9 Å². The number of hydrogen-bond donors (Lipinski definition) is 0. The van der Waals surface area contributed by atoms with Crippen molar-refractivity contribution in [2.75, 3.05) is 7.11 Å². The first-order valence-electron chi connectivity index (χ1n) is 7.31. The van der Waals surface area contributed by atoms with Gasteiger partial charge in [-0.3, -0.25) is 9.59 Å². The summed E-state index contributed by atoms with van der Waals surface area (Å²) < 4.78 is 4.73. The van der Waals surface area contributed by atoms with Crippen molar-refractivity contribution >= 4 is 11.8 Å². The molecule has 20 heavy (non-hydrogen) atoms. The molecule has 0 heterocycles. The van der Waals surface area contributed by atoms with Crippen molar-refractivity contribution in [1.82, 2.24) is 0 Å². The summed E-state index contributed by atoms with van der Waals surface area (Å²) in [5, 5.41) is 0. The van der Waals surface area contributed by atoms with E-state index in [0.717, 1.165) is 25.7 Å². The number of Topliss-reactive ketones (excluding diaryl/α,β-unsaturated/α-hetero) is 1. The van der Waals surface area contributed by atoms with E-state index in [9.17, 15) is 9.59 Å². The lowest BCUT2D eigenvalue weighted by atomic mass is 9.61.